The maximum atomic E-state index is 7.37. The van der Waals surface area contributed by atoms with Crippen LogP contribution in [0.5, 0.6) is 11.8 Å². The Morgan fingerprint density at radius 1 is 1.40 bits per heavy atom. The monoisotopic (exact) mass is 202 g/mol. The van der Waals surface area contributed by atoms with Gasteiger partial charge in [0, 0.05) is 12.4 Å². The second-order valence-corrected chi connectivity index (χ2v) is 2.91. The molecule has 1 heterocycles. The quantitative estimate of drug-likeness (QED) is 0.520. The number of nitrogens with one attached hydrogen (secondary N) is 2. The van der Waals surface area contributed by atoms with Crippen molar-refractivity contribution in [3.05, 3.63) is 42.2 Å². The number of benzene rings is 1. The number of aromatic amines is 1. The standard InChI is InChI=1S/C10H10N4O/c11-9(12)7-3-1-2-4-8(7)15-10-13-5-6-14-10/h1-6H,(H3,11,12)(H,13,14). The third kappa shape index (κ3) is 1.96. The molecule has 0 amide bonds. The highest BCUT2D eigenvalue weighted by atomic mass is 16.5. The maximum absolute atomic E-state index is 7.37. The maximum Gasteiger partial charge on any atom is 0.299 e. The van der Waals surface area contributed by atoms with E-state index in [-0.39, 0.29) is 5.84 Å². The number of aromatic nitrogens is 2. The summed E-state index contributed by atoms with van der Waals surface area (Å²) in [4.78, 5) is 6.73. The van der Waals surface area contributed by atoms with E-state index in [1.807, 2.05) is 6.07 Å². The van der Waals surface area contributed by atoms with Crippen LogP contribution in [0.4, 0.5) is 0 Å². The molecule has 4 N–H and O–H groups in total. The summed E-state index contributed by atoms with van der Waals surface area (Å²) in [5.41, 5.74) is 5.97. The van der Waals surface area contributed by atoms with E-state index >= 15 is 0 Å². The first-order valence-corrected chi connectivity index (χ1v) is 4.38. The Balaban J connectivity index is 2.32. The van der Waals surface area contributed by atoms with Gasteiger partial charge in [-0.2, -0.15) is 0 Å². The first-order chi connectivity index (χ1) is 7.27. The number of hydrogen-bond donors (Lipinski definition) is 3. The molecule has 1 aromatic carbocycles. The van der Waals surface area contributed by atoms with E-state index in [1.54, 1.807) is 30.6 Å². The van der Waals surface area contributed by atoms with Crippen LogP contribution in [0, 0.1) is 5.41 Å². The lowest BCUT2D eigenvalue weighted by atomic mass is 10.2. The number of ether oxygens (including phenoxy) is 1. The van der Waals surface area contributed by atoms with Gasteiger partial charge in [-0.1, -0.05) is 12.1 Å². The fraction of sp³-hybridized carbons (Fsp3) is 0. The molecule has 0 spiro atoms. The Hall–Kier alpha value is -2.30. The summed E-state index contributed by atoms with van der Waals surface area (Å²) in [6.07, 6.45) is 3.25. The molecule has 76 valence electrons. The van der Waals surface area contributed by atoms with E-state index in [2.05, 4.69) is 9.97 Å². The number of amidine groups is 1. The Morgan fingerprint density at radius 3 is 2.87 bits per heavy atom. The van der Waals surface area contributed by atoms with Gasteiger partial charge >= 0.3 is 0 Å². The van der Waals surface area contributed by atoms with E-state index in [9.17, 15) is 0 Å². The van der Waals surface area contributed by atoms with Crippen molar-refractivity contribution in [1.29, 1.82) is 5.41 Å². The lowest BCUT2D eigenvalue weighted by Crippen LogP contribution is -2.12. The fourth-order valence-corrected chi connectivity index (χ4v) is 1.19. The van der Waals surface area contributed by atoms with E-state index in [4.69, 9.17) is 15.9 Å². The molecule has 2 rings (SSSR count). The molecule has 5 heteroatoms. The minimum Gasteiger partial charge on any atom is -0.425 e. The van der Waals surface area contributed by atoms with Crippen molar-refractivity contribution < 1.29 is 4.74 Å². The zero-order valence-corrected chi connectivity index (χ0v) is 7.90. The normalized spacial score (nSPS) is 9.87. The van der Waals surface area contributed by atoms with E-state index in [1.165, 1.54) is 0 Å². The van der Waals surface area contributed by atoms with Crippen molar-refractivity contribution >= 4 is 5.84 Å². The molecule has 1 aromatic heterocycles. The number of nitrogens with zero attached hydrogens (tertiary/aromatic N) is 1. The molecule has 0 saturated carbocycles. The summed E-state index contributed by atoms with van der Waals surface area (Å²) in [5, 5.41) is 7.37. The van der Waals surface area contributed by atoms with Gasteiger partial charge in [-0.15, -0.1) is 0 Å². The molecule has 0 atom stereocenters. The van der Waals surface area contributed by atoms with E-state index in [0.29, 0.717) is 17.3 Å². The number of H-pyrrole nitrogens is 1. The van der Waals surface area contributed by atoms with Gasteiger partial charge in [0.2, 0.25) is 0 Å². The molecule has 0 radical (unpaired) electrons. The van der Waals surface area contributed by atoms with Crippen LogP contribution in [0.2, 0.25) is 0 Å². The second kappa shape index (κ2) is 3.83. The molecule has 2 aromatic rings. The van der Waals surface area contributed by atoms with E-state index in [0.717, 1.165) is 0 Å². The molecule has 0 saturated heterocycles. The topological polar surface area (TPSA) is 87.8 Å². The fourth-order valence-electron chi connectivity index (χ4n) is 1.19. The average Bonchev–Trinajstić information content (AvgIpc) is 2.71. The van der Waals surface area contributed by atoms with Crippen LogP contribution in [-0.2, 0) is 0 Å². The Kier molecular flexibility index (Phi) is 2.37. The number of rotatable bonds is 3. The van der Waals surface area contributed by atoms with Gasteiger partial charge in [0.1, 0.15) is 11.6 Å². The van der Waals surface area contributed by atoms with Crippen LogP contribution in [0.1, 0.15) is 5.56 Å². The molecule has 0 aliphatic heterocycles. The minimum atomic E-state index is -0.0304. The van der Waals surface area contributed by atoms with E-state index < -0.39 is 0 Å². The largest absolute Gasteiger partial charge is 0.425 e. The predicted octanol–water partition coefficient (Wildman–Crippen LogP) is 1.49. The molecular formula is C10H10N4O. The zero-order chi connectivity index (χ0) is 10.7. The van der Waals surface area contributed by atoms with Crippen molar-refractivity contribution in [3.8, 4) is 11.8 Å². The third-order valence-corrected chi connectivity index (χ3v) is 1.86. The third-order valence-electron chi connectivity index (χ3n) is 1.86. The highest BCUT2D eigenvalue weighted by Crippen LogP contribution is 2.21. The number of nitrogen functional groups attached to an aromatic ring is 1. The van der Waals surface area contributed by atoms with Crippen molar-refractivity contribution in [2.45, 2.75) is 0 Å². The molecule has 0 unspecified atom stereocenters. The molecule has 0 bridgehead atoms. The molecular weight excluding hydrogens is 192 g/mol. The Labute approximate surface area is 86.4 Å². The van der Waals surface area contributed by atoms with Crippen LogP contribution in [0.3, 0.4) is 0 Å². The van der Waals surface area contributed by atoms with Gasteiger partial charge in [-0.25, -0.2) is 4.98 Å². The number of nitrogens with two attached hydrogens (primary N) is 1. The zero-order valence-electron chi connectivity index (χ0n) is 7.90. The van der Waals surface area contributed by atoms with Gasteiger partial charge < -0.3 is 15.5 Å². The summed E-state index contributed by atoms with van der Waals surface area (Å²) >= 11 is 0. The Morgan fingerprint density at radius 2 is 2.20 bits per heavy atom. The minimum absolute atomic E-state index is 0.0304. The summed E-state index contributed by atoms with van der Waals surface area (Å²) in [5.74, 6) is 0.483. The second-order valence-electron chi connectivity index (χ2n) is 2.91. The lowest BCUT2D eigenvalue weighted by Gasteiger charge is -2.06. The summed E-state index contributed by atoms with van der Waals surface area (Å²) in [6, 6.07) is 7.44. The average molecular weight is 202 g/mol. The summed E-state index contributed by atoms with van der Waals surface area (Å²) < 4.78 is 5.42. The molecule has 15 heavy (non-hydrogen) atoms. The molecule has 0 aliphatic carbocycles. The van der Waals surface area contributed by atoms with Crippen molar-refractivity contribution in [2.75, 3.05) is 0 Å². The van der Waals surface area contributed by atoms with Gasteiger partial charge in [-0.05, 0) is 12.1 Å². The van der Waals surface area contributed by atoms with Crippen LogP contribution < -0.4 is 10.5 Å². The van der Waals surface area contributed by atoms with Crippen molar-refractivity contribution in [3.63, 3.8) is 0 Å². The number of imidazole rings is 1. The molecule has 5 nitrogen and oxygen atoms in total. The van der Waals surface area contributed by atoms with Gasteiger partial charge in [-0.3, -0.25) is 5.41 Å². The highest BCUT2D eigenvalue weighted by molar-refractivity contribution is 5.97. The highest BCUT2D eigenvalue weighted by Gasteiger charge is 2.07. The summed E-state index contributed by atoms with van der Waals surface area (Å²) in [6.45, 7) is 0. The van der Waals surface area contributed by atoms with Crippen LogP contribution in [0.15, 0.2) is 36.7 Å². The van der Waals surface area contributed by atoms with Crippen molar-refractivity contribution in [2.24, 2.45) is 5.73 Å². The van der Waals surface area contributed by atoms with Gasteiger partial charge in [0.25, 0.3) is 6.01 Å². The van der Waals surface area contributed by atoms with Crippen molar-refractivity contribution in [1.82, 2.24) is 9.97 Å². The predicted molar refractivity (Wildman–Crippen MR) is 56.1 cm³/mol. The van der Waals surface area contributed by atoms with Gasteiger partial charge in [0.05, 0.1) is 5.56 Å². The lowest BCUT2D eigenvalue weighted by molar-refractivity contribution is 0.446. The van der Waals surface area contributed by atoms with Crippen LogP contribution >= 0.6 is 0 Å². The SMILES string of the molecule is N=C(N)c1ccccc1Oc1ncc[nH]1. The number of hydrogen-bond acceptors (Lipinski definition) is 3. The molecule has 0 fully saturated rings. The number of para-hydroxylation sites is 1. The van der Waals surface area contributed by atoms with Crippen LogP contribution in [0.25, 0.3) is 0 Å². The first-order valence-electron chi connectivity index (χ1n) is 4.38. The van der Waals surface area contributed by atoms with Gasteiger partial charge in [0.15, 0.2) is 0 Å². The summed E-state index contributed by atoms with van der Waals surface area (Å²) in [7, 11) is 0. The van der Waals surface area contributed by atoms with Crippen LogP contribution in [-0.4, -0.2) is 15.8 Å². The first kappa shape index (κ1) is 9.26. The smallest absolute Gasteiger partial charge is 0.299 e. The molecule has 0 aliphatic rings. The Bertz CT molecular complexity index is 464.